The van der Waals surface area contributed by atoms with Crippen molar-refractivity contribution in [2.45, 2.75) is 25.8 Å². The molecule has 2 fully saturated rings. The standard InChI is InChI=1S/C26H26N2O4/c1-15-4-3-5-19(12-15)27-22(29)14-21(16-8-10-20(32-2)11-9-16)28-25(30)23-17-6-7-18(13-17)24(23)26(28)31/h3-12,17-18,21,23-24H,13-14H2,1-2H3,(H,27,29). The third-order valence-electron chi connectivity index (χ3n) is 7.00. The van der Waals surface area contributed by atoms with Crippen molar-refractivity contribution in [3.63, 3.8) is 0 Å². The van der Waals surface area contributed by atoms with Crippen LogP contribution < -0.4 is 10.1 Å². The summed E-state index contributed by atoms with van der Waals surface area (Å²) in [6.45, 7) is 1.96. The number of likely N-dealkylation sites (tertiary alicyclic amines) is 1. The van der Waals surface area contributed by atoms with Crippen molar-refractivity contribution in [1.82, 2.24) is 4.90 Å². The number of nitrogens with one attached hydrogen (secondary N) is 1. The Kier molecular flexibility index (Phi) is 5.08. The molecule has 1 aliphatic heterocycles. The smallest absolute Gasteiger partial charge is 0.234 e. The molecule has 1 saturated carbocycles. The van der Waals surface area contributed by atoms with E-state index in [9.17, 15) is 14.4 Å². The summed E-state index contributed by atoms with van der Waals surface area (Å²) in [5.74, 6) is -0.198. The number of amides is 3. The zero-order valence-corrected chi connectivity index (χ0v) is 18.2. The van der Waals surface area contributed by atoms with Crippen LogP contribution in [-0.4, -0.2) is 29.7 Å². The number of fused-ring (bicyclic) bond motifs is 5. The maximum absolute atomic E-state index is 13.4. The molecule has 6 heteroatoms. The third kappa shape index (κ3) is 3.40. The van der Waals surface area contributed by atoms with E-state index in [0.717, 1.165) is 17.5 Å². The summed E-state index contributed by atoms with van der Waals surface area (Å²) in [6.07, 6.45) is 5.03. The molecular weight excluding hydrogens is 404 g/mol. The third-order valence-corrected chi connectivity index (χ3v) is 7.00. The normalized spacial score (nSPS) is 26.4. The summed E-state index contributed by atoms with van der Waals surface area (Å²) in [7, 11) is 1.58. The number of nitrogens with zero attached hydrogens (tertiary/aromatic N) is 1. The van der Waals surface area contributed by atoms with E-state index in [0.29, 0.717) is 11.4 Å². The molecular formula is C26H26N2O4. The van der Waals surface area contributed by atoms with Crippen LogP contribution in [0.15, 0.2) is 60.7 Å². The maximum Gasteiger partial charge on any atom is 0.234 e. The number of rotatable bonds is 6. The van der Waals surface area contributed by atoms with Crippen LogP contribution in [0.2, 0.25) is 0 Å². The van der Waals surface area contributed by atoms with Crippen molar-refractivity contribution >= 4 is 23.4 Å². The molecule has 164 valence electrons. The fourth-order valence-corrected chi connectivity index (χ4v) is 5.53. The fourth-order valence-electron chi connectivity index (χ4n) is 5.53. The van der Waals surface area contributed by atoms with Crippen LogP contribution in [0.3, 0.4) is 0 Å². The van der Waals surface area contributed by atoms with Crippen molar-refractivity contribution in [2.24, 2.45) is 23.7 Å². The first-order valence-corrected chi connectivity index (χ1v) is 11.0. The van der Waals surface area contributed by atoms with Gasteiger partial charge in [-0.2, -0.15) is 0 Å². The predicted molar refractivity (Wildman–Crippen MR) is 120 cm³/mol. The highest BCUT2D eigenvalue weighted by Gasteiger charge is 2.60. The highest BCUT2D eigenvalue weighted by molar-refractivity contribution is 6.07. The Morgan fingerprint density at radius 2 is 1.72 bits per heavy atom. The molecule has 32 heavy (non-hydrogen) atoms. The molecule has 5 atom stereocenters. The largest absolute Gasteiger partial charge is 0.497 e. The van der Waals surface area contributed by atoms with Crippen LogP contribution in [0.4, 0.5) is 5.69 Å². The summed E-state index contributed by atoms with van der Waals surface area (Å²) in [4.78, 5) is 41.2. The maximum atomic E-state index is 13.4. The van der Waals surface area contributed by atoms with Crippen LogP contribution in [0.1, 0.15) is 30.0 Å². The van der Waals surface area contributed by atoms with Gasteiger partial charge in [0.15, 0.2) is 0 Å². The number of hydrogen-bond donors (Lipinski definition) is 1. The number of benzene rings is 2. The molecule has 2 aliphatic carbocycles. The number of imide groups is 1. The van der Waals surface area contributed by atoms with Gasteiger partial charge in [-0.1, -0.05) is 36.4 Å². The van der Waals surface area contributed by atoms with E-state index in [2.05, 4.69) is 17.5 Å². The molecule has 2 aromatic rings. The minimum Gasteiger partial charge on any atom is -0.497 e. The van der Waals surface area contributed by atoms with E-state index in [1.54, 1.807) is 19.2 Å². The van der Waals surface area contributed by atoms with Crippen LogP contribution in [0.25, 0.3) is 0 Å². The predicted octanol–water partition coefficient (Wildman–Crippen LogP) is 3.88. The van der Waals surface area contributed by atoms with E-state index in [4.69, 9.17) is 4.74 Å². The SMILES string of the molecule is COc1ccc(C(CC(=O)Nc2cccc(C)c2)N2C(=O)C3C4C=CC(C4)C3C2=O)cc1. The first kappa shape index (κ1) is 20.5. The molecule has 2 aromatic carbocycles. The Morgan fingerprint density at radius 3 is 2.31 bits per heavy atom. The van der Waals surface area contributed by atoms with Gasteiger partial charge in [0, 0.05) is 5.69 Å². The minimum absolute atomic E-state index is 0.0000470. The number of allylic oxidation sites excluding steroid dienone is 2. The lowest BCUT2D eigenvalue weighted by molar-refractivity contribution is -0.144. The van der Waals surface area contributed by atoms with Gasteiger partial charge in [-0.3, -0.25) is 19.3 Å². The van der Waals surface area contributed by atoms with Crippen LogP contribution >= 0.6 is 0 Å². The van der Waals surface area contributed by atoms with Gasteiger partial charge in [0.2, 0.25) is 17.7 Å². The number of ether oxygens (including phenoxy) is 1. The number of methoxy groups -OCH3 is 1. The molecule has 5 rings (SSSR count). The lowest BCUT2D eigenvalue weighted by Crippen LogP contribution is -2.38. The topological polar surface area (TPSA) is 75.7 Å². The van der Waals surface area contributed by atoms with Crippen molar-refractivity contribution in [1.29, 1.82) is 0 Å². The van der Waals surface area contributed by atoms with Crippen LogP contribution in [0.5, 0.6) is 5.75 Å². The van der Waals surface area contributed by atoms with E-state index in [1.165, 1.54) is 4.90 Å². The molecule has 6 nitrogen and oxygen atoms in total. The molecule has 1 saturated heterocycles. The molecule has 1 heterocycles. The van der Waals surface area contributed by atoms with Crippen LogP contribution in [-0.2, 0) is 14.4 Å². The summed E-state index contributed by atoms with van der Waals surface area (Å²) in [5, 5.41) is 2.91. The summed E-state index contributed by atoms with van der Waals surface area (Å²) in [6, 6.07) is 14.1. The first-order valence-electron chi connectivity index (χ1n) is 11.0. The number of anilines is 1. The van der Waals surface area contributed by atoms with Crippen molar-refractivity contribution in [3.8, 4) is 5.75 Å². The number of carbonyl (C=O) groups excluding carboxylic acids is 3. The monoisotopic (exact) mass is 430 g/mol. The molecule has 3 amide bonds. The highest BCUT2D eigenvalue weighted by Crippen LogP contribution is 2.54. The van der Waals surface area contributed by atoms with Gasteiger partial charge >= 0.3 is 0 Å². The molecule has 5 unspecified atom stereocenters. The average molecular weight is 431 g/mol. The number of carbonyl (C=O) groups is 3. The Hall–Kier alpha value is -3.41. The lowest BCUT2D eigenvalue weighted by atomic mass is 9.85. The van der Waals surface area contributed by atoms with E-state index in [1.807, 2.05) is 43.3 Å². The van der Waals surface area contributed by atoms with E-state index < -0.39 is 6.04 Å². The van der Waals surface area contributed by atoms with Gasteiger partial charge in [0.25, 0.3) is 0 Å². The molecule has 3 aliphatic rings. The number of aryl methyl sites for hydroxylation is 1. The second-order valence-electron chi connectivity index (χ2n) is 8.96. The average Bonchev–Trinajstić information content (AvgIpc) is 3.46. The Balaban J connectivity index is 1.44. The van der Waals surface area contributed by atoms with Gasteiger partial charge in [0.05, 0.1) is 31.4 Å². The second kappa shape index (κ2) is 7.93. The molecule has 2 bridgehead atoms. The highest BCUT2D eigenvalue weighted by atomic mass is 16.5. The van der Waals surface area contributed by atoms with E-state index >= 15 is 0 Å². The van der Waals surface area contributed by atoms with Gasteiger partial charge < -0.3 is 10.1 Å². The quantitative estimate of drug-likeness (QED) is 0.557. The molecule has 0 spiro atoms. The number of hydrogen-bond acceptors (Lipinski definition) is 4. The zero-order valence-electron chi connectivity index (χ0n) is 18.2. The Morgan fingerprint density at radius 1 is 1.06 bits per heavy atom. The Labute approximate surface area is 187 Å². The zero-order chi connectivity index (χ0) is 22.4. The Bertz CT molecular complexity index is 1080. The van der Waals surface area contributed by atoms with Crippen molar-refractivity contribution < 1.29 is 19.1 Å². The van der Waals surface area contributed by atoms with Crippen molar-refractivity contribution in [3.05, 3.63) is 71.8 Å². The minimum atomic E-state index is -0.657. The second-order valence-corrected chi connectivity index (χ2v) is 8.96. The lowest BCUT2D eigenvalue weighted by Gasteiger charge is -2.28. The summed E-state index contributed by atoms with van der Waals surface area (Å²) in [5.41, 5.74) is 2.48. The van der Waals surface area contributed by atoms with Gasteiger partial charge in [-0.25, -0.2) is 0 Å². The fraction of sp³-hybridized carbons (Fsp3) is 0.346. The van der Waals surface area contributed by atoms with Crippen LogP contribution in [0, 0.1) is 30.6 Å². The van der Waals surface area contributed by atoms with Gasteiger partial charge in [0.1, 0.15) is 5.75 Å². The van der Waals surface area contributed by atoms with Gasteiger partial charge in [-0.05, 0) is 60.6 Å². The molecule has 0 radical (unpaired) electrons. The molecule has 1 N–H and O–H groups in total. The summed E-state index contributed by atoms with van der Waals surface area (Å²) >= 11 is 0. The first-order chi connectivity index (χ1) is 15.5. The molecule has 0 aromatic heterocycles. The van der Waals surface area contributed by atoms with E-state index in [-0.39, 0.29) is 47.8 Å². The van der Waals surface area contributed by atoms with Crippen molar-refractivity contribution in [2.75, 3.05) is 12.4 Å². The summed E-state index contributed by atoms with van der Waals surface area (Å²) < 4.78 is 5.25. The van der Waals surface area contributed by atoms with Gasteiger partial charge in [-0.15, -0.1) is 0 Å².